The van der Waals surface area contributed by atoms with E-state index in [0.717, 1.165) is 19.1 Å². The Kier molecular flexibility index (Phi) is 6.37. The summed E-state index contributed by atoms with van der Waals surface area (Å²) in [6, 6.07) is 0. The molecule has 0 spiro atoms. The Labute approximate surface area is 101 Å². The maximum Gasteiger partial charge on any atom is 0.0587 e. The summed E-state index contributed by atoms with van der Waals surface area (Å²) >= 11 is 0. The van der Waals surface area contributed by atoms with Crippen molar-refractivity contribution >= 4 is 0 Å². The fourth-order valence-corrected chi connectivity index (χ4v) is 2.76. The van der Waals surface area contributed by atoms with Gasteiger partial charge in [0.15, 0.2) is 0 Å². The van der Waals surface area contributed by atoms with Crippen molar-refractivity contribution < 1.29 is 4.74 Å². The van der Waals surface area contributed by atoms with Crippen molar-refractivity contribution in [1.29, 1.82) is 0 Å². The predicted molar refractivity (Wildman–Crippen MR) is 69.7 cm³/mol. The Bertz CT molecular complexity index is 180. The number of nitrogens with one attached hydrogen (secondary N) is 1. The minimum Gasteiger partial charge on any atom is -0.383 e. The highest BCUT2D eigenvalue weighted by molar-refractivity contribution is 4.94. The maximum atomic E-state index is 5.08. The van der Waals surface area contributed by atoms with Crippen molar-refractivity contribution in [3.63, 3.8) is 0 Å². The molecule has 0 heterocycles. The van der Waals surface area contributed by atoms with Gasteiger partial charge in [0.1, 0.15) is 0 Å². The van der Waals surface area contributed by atoms with Gasteiger partial charge in [-0.15, -0.1) is 0 Å². The smallest absolute Gasteiger partial charge is 0.0587 e. The summed E-state index contributed by atoms with van der Waals surface area (Å²) in [5.41, 5.74) is 0.587. The third-order valence-corrected chi connectivity index (χ3v) is 4.14. The van der Waals surface area contributed by atoms with E-state index in [0.29, 0.717) is 5.41 Å². The van der Waals surface area contributed by atoms with Crippen LogP contribution in [0.2, 0.25) is 0 Å². The molecule has 0 saturated heterocycles. The second-order valence-electron chi connectivity index (χ2n) is 5.26. The molecule has 1 aliphatic carbocycles. The number of methoxy groups -OCH3 is 1. The van der Waals surface area contributed by atoms with E-state index < -0.39 is 0 Å². The van der Waals surface area contributed by atoms with Crippen molar-refractivity contribution in [2.24, 2.45) is 11.3 Å². The summed E-state index contributed by atoms with van der Waals surface area (Å²) < 4.78 is 5.08. The minimum atomic E-state index is 0.587. The standard InChI is InChI=1S/C14H29NO/c1-4-6-9-14(5-2,13-7-8-13)12-15-10-11-16-3/h13,15H,4-12H2,1-3H3. The highest BCUT2D eigenvalue weighted by Crippen LogP contribution is 2.50. The molecule has 1 aliphatic rings. The van der Waals surface area contributed by atoms with Gasteiger partial charge in [-0.05, 0) is 37.0 Å². The first-order valence-electron chi connectivity index (χ1n) is 6.98. The van der Waals surface area contributed by atoms with Crippen LogP contribution in [-0.4, -0.2) is 26.8 Å². The van der Waals surface area contributed by atoms with Gasteiger partial charge in [0.05, 0.1) is 6.61 Å². The largest absolute Gasteiger partial charge is 0.383 e. The topological polar surface area (TPSA) is 21.3 Å². The van der Waals surface area contributed by atoms with Crippen LogP contribution in [0.15, 0.2) is 0 Å². The van der Waals surface area contributed by atoms with Gasteiger partial charge >= 0.3 is 0 Å². The van der Waals surface area contributed by atoms with Crippen LogP contribution in [0, 0.1) is 11.3 Å². The highest BCUT2D eigenvalue weighted by atomic mass is 16.5. The molecule has 0 radical (unpaired) electrons. The Morgan fingerprint density at radius 1 is 1.31 bits per heavy atom. The van der Waals surface area contributed by atoms with E-state index in [1.165, 1.54) is 45.1 Å². The van der Waals surface area contributed by atoms with Gasteiger partial charge in [-0.25, -0.2) is 0 Å². The fraction of sp³-hybridized carbons (Fsp3) is 1.00. The number of rotatable bonds is 10. The van der Waals surface area contributed by atoms with Crippen LogP contribution >= 0.6 is 0 Å². The summed E-state index contributed by atoms with van der Waals surface area (Å²) in [6.07, 6.45) is 8.37. The van der Waals surface area contributed by atoms with Gasteiger partial charge in [0.2, 0.25) is 0 Å². The molecule has 2 nitrogen and oxygen atoms in total. The van der Waals surface area contributed by atoms with E-state index in [9.17, 15) is 0 Å². The molecule has 2 heteroatoms. The summed E-state index contributed by atoms with van der Waals surface area (Å²) in [4.78, 5) is 0. The Morgan fingerprint density at radius 2 is 2.06 bits per heavy atom. The van der Waals surface area contributed by atoms with Crippen LogP contribution in [-0.2, 0) is 4.74 Å². The molecule has 1 atom stereocenters. The first-order chi connectivity index (χ1) is 7.79. The first-order valence-corrected chi connectivity index (χ1v) is 6.98. The summed E-state index contributed by atoms with van der Waals surface area (Å²) in [5, 5.41) is 3.58. The van der Waals surface area contributed by atoms with Crippen molar-refractivity contribution in [2.45, 2.75) is 52.4 Å². The van der Waals surface area contributed by atoms with Crippen LogP contribution in [0.3, 0.4) is 0 Å². The molecule has 0 aliphatic heterocycles. The lowest BCUT2D eigenvalue weighted by atomic mass is 9.75. The molecular formula is C14H29NO. The Morgan fingerprint density at radius 3 is 2.56 bits per heavy atom. The van der Waals surface area contributed by atoms with Crippen molar-refractivity contribution in [3.8, 4) is 0 Å². The number of ether oxygens (including phenoxy) is 1. The fourth-order valence-electron chi connectivity index (χ4n) is 2.76. The predicted octanol–water partition coefficient (Wildman–Crippen LogP) is 3.22. The van der Waals surface area contributed by atoms with Gasteiger partial charge in [-0.1, -0.05) is 26.7 Å². The number of unbranched alkanes of at least 4 members (excludes halogenated alkanes) is 1. The molecule has 16 heavy (non-hydrogen) atoms. The summed E-state index contributed by atoms with van der Waals surface area (Å²) in [5.74, 6) is 0.999. The molecule has 0 aromatic carbocycles. The van der Waals surface area contributed by atoms with Gasteiger partial charge in [-0.3, -0.25) is 0 Å². The summed E-state index contributed by atoms with van der Waals surface area (Å²) in [7, 11) is 1.77. The molecular weight excluding hydrogens is 198 g/mol. The lowest BCUT2D eigenvalue weighted by molar-refractivity contribution is 0.168. The normalized spacial score (nSPS) is 19.7. The Balaban J connectivity index is 2.35. The molecule has 0 aromatic heterocycles. The molecule has 0 amide bonds. The zero-order valence-corrected chi connectivity index (χ0v) is 11.3. The molecule has 0 aromatic rings. The maximum absolute atomic E-state index is 5.08. The van der Waals surface area contributed by atoms with E-state index in [1.54, 1.807) is 7.11 Å². The highest BCUT2D eigenvalue weighted by Gasteiger charge is 2.42. The number of hydrogen-bond donors (Lipinski definition) is 1. The Hall–Kier alpha value is -0.0800. The van der Waals surface area contributed by atoms with Gasteiger partial charge in [0.25, 0.3) is 0 Å². The van der Waals surface area contributed by atoms with Crippen LogP contribution in [0.5, 0.6) is 0 Å². The second-order valence-corrected chi connectivity index (χ2v) is 5.26. The zero-order chi connectivity index (χ0) is 11.9. The van der Waals surface area contributed by atoms with E-state index in [2.05, 4.69) is 19.2 Å². The molecule has 96 valence electrons. The average Bonchev–Trinajstić information content (AvgIpc) is 3.13. The molecule has 0 bridgehead atoms. The molecule has 1 rings (SSSR count). The third kappa shape index (κ3) is 4.06. The molecule has 1 unspecified atom stereocenters. The SMILES string of the molecule is CCCCC(CC)(CNCCOC)C1CC1. The van der Waals surface area contributed by atoms with E-state index >= 15 is 0 Å². The van der Waals surface area contributed by atoms with E-state index in [4.69, 9.17) is 4.74 Å². The zero-order valence-electron chi connectivity index (χ0n) is 11.3. The van der Waals surface area contributed by atoms with Gasteiger partial charge in [0, 0.05) is 20.2 Å². The molecule has 1 N–H and O–H groups in total. The van der Waals surface area contributed by atoms with Crippen molar-refractivity contribution in [3.05, 3.63) is 0 Å². The minimum absolute atomic E-state index is 0.587. The van der Waals surface area contributed by atoms with Crippen molar-refractivity contribution in [1.82, 2.24) is 5.32 Å². The first kappa shape index (κ1) is 14.0. The number of hydrogen-bond acceptors (Lipinski definition) is 2. The van der Waals surface area contributed by atoms with Crippen LogP contribution in [0.25, 0.3) is 0 Å². The van der Waals surface area contributed by atoms with Crippen LogP contribution in [0.1, 0.15) is 52.4 Å². The lowest BCUT2D eigenvalue weighted by Gasteiger charge is -2.33. The van der Waals surface area contributed by atoms with Crippen LogP contribution < -0.4 is 5.32 Å². The summed E-state index contributed by atoms with van der Waals surface area (Å²) in [6.45, 7) is 7.69. The quantitative estimate of drug-likeness (QED) is 0.579. The van der Waals surface area contributed by atoms with E-state index in [-0.39, 0.29) is 0 Å². The second kappa shape index (κ2) is 7.29. The van der Waals surface area contributed by atoms with Crippen molar-refractivity contribution in [2.75, 3.05) is 26.8 Å². The average molecular weight is 227 g/mol. The molecule has 1 fully saturated rings. The molecule has 1 saturated carbocycles. The van der Waals surface area contributed by atoms with E-state index in [1.807, 2.05) is 0 Å². The van der Waals surface area contributed by atoms with Gasteiger partial charge < -0.3 is 10.1 Å². The monoisotopic (exact) mass is 227 g/mol. The van der Waals surface area contributed by atoms with Gasteiger partial charge in [-0.2, -0.15) is 0 Å². The van der Waals surface area contributed by atoms with Crippen LogP contribution in [0.4, 0.5) is 0 Å². The lowest BCUT2D eigenvalue weighted by Crippen LogP contribution is -2.37. The third-order valence-electron chi connectivity index (χ3n) is 4.14.